The molecule has 1 fully saturated rings. The van der Waals surface area contributed by atoms with Crippen molar-refractivity contribution >= 4 is 0 Å². The van der Waals surface area contributed by atoms with Crippen LogP contribution in [0, 0.1) is 13.8 Å². The second-order valence-electron chi connectivity index (χ2n) is 5.12. The molecule has 106 valence electrons. The first-order valence-corrected chi connectivity index (χ1v) is 6.83. The number of methoxy groups -OCH3 is 1. The molecule has 0 radical (unpaired) electrons. The molecule has 1 saturated heterocycles. The fourth-order valence-corrected chi connectivity index (χ4v) is 2.98. The van der Waals surface area contributed by atoms with Crippen molar-refractivity contribution in [1.82, 2.24) is 14.8 Å². The standard InChI is InChI=1S/C15H19N3O2/c1-10-9-16-15(19-3)11(2)13(10)14-12(5-8-20-14)18-7-4-6-17-18/h4,6-7,9,12,14H,5,8H2,1-3H3/t12-,14+/m0/s1. The van der Waals surface area contributed by atoms with Gasteiger partial charge in [0.1, 0.15) is 6.10 Å². The summed E-state index contributed by atoms with van der Waals surface area (Å²) in [5, 5.41) is 4.37. The van der Waals surface area contributed by atoms with E-state index in [0.29, 0.717) is 5.88 Å². The van der Waals surface area contributed by atoms with Crippen LogP contribution in [0.1, 0.15) is 35.3 Å². The first-order chi connectivity index (χ1) is 9.72. The molecule has 0 N–H and O–H groups in total. The van der Waals surface area contributed by atoms with Gasteiger partial charge in [0.15, 0.2) is 0 Å². The maximum atomic E-state index is 5.99. The molecule has 2 atom stereocenters. The van der Waals surface area contributed by atoms with E-state index in [1.807, 2.05) is 36.3 Å². The Morgan fingerprint density at radius 1 is 1.40 bits per heavy atom. The van der Waals surface area contributed by atoms with Crippen LogP contribution < -0.4 is 4.74 Å². The van der Waals surface area contributed by atoms with Gasteiger partial charge in [0, 0.05) is 30.8 Å². The minimum Gasteiger partial charge on any atom is -0.481 e. The van der Waals surface area contributed by atoms with E-state index in [4.69, 9.17) is 9.47 Å². The van der Waals surface area contributed by atoms with Crippen molar-refractivity contribution in [1.29, 1.82) is 0 Å². The molecular weight excluding hydrogens is 254 g/mol. The molecule has 3 rings (SSSR count). The monoisotopic (exact) mass is 273 g/mol. The van der Waals surface area contributed by atoms with E-state index >= 15 is 0 Å². The first-order valence-electron chi connectivity index (χ1n) is 6.83. The average Bonchev–Trinajstić information content (AvgIpc) is 3.09. The van der Waals surface area contributed by atoms with Crippen LogP contribution in [0.25, 0.3) is 0 Å². The molecule has 2 aromatic rings. The summed E-state index contributed by atoms with van der Waals surface area (Å²) in [5.41, 5.74) is 3.36. The minimum absolute atomic E-state index is 0.00630. The Labute approximate surface area is 118 Å². The van der Waals surface area contributed by atoms with Gasteiger partial charge in [0.05, 0.1) is 13.2 Å². The predicted octanol–water partition coefficient (Wildman–Crippen LogP) is 2.61. The molecule has 0 spiro atoms. The quantitative estimate of drug-likeness (QED) is 0.862. The number of aromatic nitrogens is 3. The van der Waals surface area contributed by atoms with Crippen molar-refractivity contribution in [3.63, 3.8) is 0 Å². The number of hydrogen-bond acceptors (Lipinski definition) is 4. The highest BCUT2D eigenvalue weighted by Gasteiger charge is 2.34. The lowest BCUT2D eigenvalue weighted by molar-refractivity contribution is 0.0888. The topological polar surface area (TPSA) is 49.2 Å². The van der Waals surface area contributed by atoms with Gasteiger partial charge in [-0.05, 0) is 37.5 Å². The minimum atomic E-state index is 0.00630. The van der Waals surface area contributed by atoms with Gasteiger partial charge >= 0.3 is 0 Å². The Morgan fingerprint density at radius 2 is 2.25 bits per heavy atom. The van der Waals surface area contributed by atoms with Gasteiger partial charge in [-0.1, -0.05) is 0 Å². The molecule has 0 unspecified atom stereocenters. The fourth-order valence-electron chi connectivity index (χ4n) is 2.98. The summed E-state index contributed by atoms with van der Waals surface area (Å²) in [5.74, 6) is 0.667. The Morgan fingerprint density at radius 3 is 2.95 bits per heavy atom. The van der Waals surface area contributed by atoms with E-state index in [1.54, 1.807) is 7.11 Å². The summed E-state index contributed by atoms with van der Waals surface area (Å²) < 4.78 is 13.3. The van der Waals surface area contributed by atoms with Crippen molar-refractivity contribution in [3.05, 3.63) is 41.3 Å². The first kappa shape index (κ1) is 13.1. The molecule has 5 nitrogen and oxygen atoms in total. The fraction of sp³-hybridized carbons (Fsp3) is 0.467. The maximum absolute atomic E-state index is 5.99. The summed E-state index contributed by atoms with van der Waals surface area (Å²) in [6, 6.07) is 2.18. The van der Waals surface area contributed by atoms with E-state index in [0.717, 1.165) is 24.2 Å². The van der Waals surface area contributed by atoms with Crippen LogP contribution in [0.3, 0.4) is 0 Å². The Kier molecular flexibility index (Phi) is 3.44. The van der Waals surface area contributed by atoms with Crippen LogP contribution in [0.2, 0.25) is 0 Å². The predicted molar refractivity (Wildman–Crippen MR) is 74.8 cm³/mol. The molecule has 0 aromatic carbocycles. The van der Waals surface area contributed by atoms with Crippen LogP contribution >= 0.6 is 0 Å². The zero-order valence-electron chi connectivity index (χ0n) is 12.0. The lowest BCUT2D eigenvalue weighted by Crippen LogP contribution is -2.16. The number of aryl methyl sites for hydroxylation is 1. The molecule has 2 aromatic heterocycles. The van der Waals surface area contributed by atoms with Crippen molar-refractivity contribution in [3.8, 4) is 5.88 Å². The molecule has 3 heterocycles. The third-order valence-electron chi connectivity index (χ3n) is 3.93. The summed E-state index contributed by atoms with van der Waals surface area (Å²) in [7, 11) is 1.65. The van der Waals surface area contributed by atoms with Crippen molar-refractivity contribution < 1.29 is 9.47 Å². The Bertz CT molecular complexity index is 595. The van der Waals surface area contributed by atoms with E-state index in [1.165, 1.54) is 5.56 Å². The van der Waals surface area contributed by atoms with Gasteiger partial charge < -0.3 is 9.47 Å². The van der Waals surface area contributed by atoms with Gasteiger partial charge in [0.2, 0.25) is 5.88 Å². The third-order valence-corrected chi connectivity index (χ3v) is 3.93. The number of ether oxygens (including phenoxy) is 2. The summed E-state index contributed by atoms with van der Waals surface area (Å²) in [4.78, 5) is 4.32. The highest BCUT2D eigenvalue weighted by molar-refractivity contribution is 5.40. The van der Waals surface area contributed by atoms with Gasteiger partial charge in [0.25, 0.3) is 0 Å². The van der Waals surface area contributed by atoms with Gasteiger partial charge in [-0.2, -0.15) is 5.10 Å². The Hall–Kier alpha value is -1.88. The molecule has 5 heteroatoms. The molecule has 0 saturated carbocycles. The SMILES string of the molecule is COc1ncc(C)c([C@@H]2OCC[C@@H]2n2cccn2)c1C. The van der Waals surface area contributed by atoms with E-state index in [9.17, 15) is 0 Å². The highest BCUT2D eigenvalue weighted by Crippen LogP contribution is 2.41. The van der Waals surface area contributed by atoms with Crippen LogP contribution in [0.15, 0.2) is 24.7 Å². The summed E-state index contributed by atoms with van der Waals surface area (Å²) in [6.07, 6.45) is 6.63. The van der Waals surface area contributed by atoms with Gasteiger partial charge in [-0.15, -0.1) is 0 Å². The lowest BCUT2D eigenvalue weighted by Gasteiger charge is -2.23. The largest absolute Gasteiger partial charge is 0.481 e. The molecule has 0 bridgehead atoms. The van der Waals surface area contributed by atoms with Crippen LogP contribution in [0.5, 0.6) is 5.88 Å². The molecule has 20 heavy (non-hydrogen) atoms. The zero-order chi connectivity index (χ0) is 14.1. The number of pyridine rings is 1. The molecule has 0 amide bonds. The molecule has 1 aliphatic heterocycles. The summed E-state index contributed by atoms with van der Waals surface area (Å²) in [6.45, 7) is 4.85. The summed E-state index contributed by atoms with van der Waals surface area (Å²) >= 11 is 0. The third kappa shape index (κ3) is 2.08. The number of nitrogens with zero attached hydrogens (tertiary/aromatic N) is 3. The molecule has 0 aliphatic carbocycles. The normalized spacial score (nSPS) is 22.1. The molecular formula is C15H19N3O2. The second-order valence-corrected chi connectivity index (χ2v) is 5.12. The van der Waals surface area contributed by atoms with Crippen molar-refractivity contribution in [2.45, 2.75) is 32.4 Å². The van der Waals surface area contributed by atoms with Crippen LogP contribution in [-0.4, -0.2) is 28.5 Å². The lowest BCUT2D eigenvalue weighted by atomic mass is 9.95. The van der Waals surface area contributed by atoms with Crippen molar-refractivity contribution in [2.24, 2.45) is 0 Å². The Balaban J connectivity index is 2.04. The average molecular weight is 273 g/mol. The van der Waals surface area contributed by atoms with Gasteiger partial charge in [-0.3, -0.25) is 4.68 Å². The van der Waals surface area contributed by atoms with Gasteiger partial charge in [-0.25, -0.2) is 4.98 Å². The number of hydrogen-bond donors (Lipinski definition) is 0. The second kappa shape index (κ2) is 5.25. The van der Waals surface area contributed by atoms with E-state index < -0.39 is 0 Å². The van der Waals surface area contributed by atoms with Crippen LogP contribution in [-0.2, 0) is 4.74 Å². The maximum Gasteiger partial charge on any atom is 0.216 e. The number of rotatable bonds is 3. The van der Waals surface area contributed by atoms with Crippen molar-refractivity contribution in [2.75, 3.05) is 13.7 Å². The molecule has 1 aliphatic rings. The van der Waals surface area contributed by atoms with Crippen LogP contribution in [0.4, 0.5) is 0 Å². The van der Waals surface area contributed by atoms with E-state index in [2.05, 4.69) is 17.0 Å². The smallest absolute Gasteiger partial charge is 0.216 e. The zero-order valence-corrected chi connectivity index (χ0v) is 12.0. The van der Waals surface area contributed by atoms with E-state index in [-0.39, 0.29) is 12.1 Å². The highest BCUT2D eigenvalue weighted by atomic mass is 16.5.